The van der Waals surface area contributed by atoms with Gasteiger partial charge in [-0.25, -0.2) is 9.78 Å². The minimum atomic E-state index is -1.15. The van der Waals surface area contributed by atoms with Crippen molar-refractivity contribution in [3.8, 4) is 28.3 Å². The highest BCUT2D eigenvalue weighted by Crippen LogP contribution is 2.37. The summed E-state index contributed by atoms with van der Waals surface area (Å²) in [6.45, 7) is 2.09. The third-order valence-electron chi connectivity index (χ3n) is 6.93. The summed E-state index contributed by atoms with van der Waals surface area (Å²) in [7, 11) is 0. The molecule has 0 saturated heterocycles. The molecule has 7 heteroatoms. The average molecular weight is 539 g/mol. The molecule has 0 spiro atoms. The smallest absolute Gasteiger partial charge is 0.336 e. The van der Waals surface area contributed by atoms with Gasteiger partial charge in [-0.2, -0.15) is 0 Å². The molecular weight excluding hydrogens is 512 g/mol. The van der Waals surface area contributed by atoms with Crippen molar-refractivity contribution < 1.29 is 19.8 Å². The third-order valence-corrected chi connectivity index (χ3v) is 7.17. The van der Waals surface area contributed by atoms with Gasteiger partial charge >= 0.3 is 5.97 Å². The van der Waals surface area contributed by atoms with Gasteiger partial charge in [0.2, 0.25) is 0 Å². The van der Waals surface area contributed by atoms with Gasteiger partial charge in [0, 0.05) is 22.6 Å². The van der Waals surface area contributed by atoms with Gasteiger partial charge < -0.3 is 15.2 Å². The summed E-state index contributed by atoms with van der Waals surface area (Å²) in [6, 6.07) is 24.9. The number of imidazole rings is 1. The number of carbonyl (C=O) groups excluding carboxylic acids is 1. The fourth-order valence-electron chi connectivity index (χ4n) is 5.02. The molecule has 0 unspecified atom stereocenters. The number of para-hydroxylation sites is 1. The van der Waals surface area contributed by atoms with Crippen LogP contribution in [0.3, 0.4) is 0 Å². The SMILES string of the molecule is CCC[C@@H](CC(=O)c1ccc(-c2cc(Cl)ccc2-c2nc3c(O)cccc3[nH]2)c(C(=O)O)c1)c1ccccc1. The van der Waals surface area contributed by atoms with Crippen molar-refractivity contribution in [2.45, 2.75) is 32.1 Å². The van der Waals surface area contributed by atoms with Crippen LogP contribution in [-0.2, 0) is 0 Å². The number of nitrogens with zero attached hydrogens (tertiary/aromatic N) is 1. The second-order valence-corrected chi connectivity index (χ2v) is 9.97. The van der Waals surface area contributed by atoms with Gasteiger partial charge in [0.05, 0.1) is 11.1 Å². The van der Waals surface area contributed by atoms with Crippen molar-refractivity contribution in [1.82, 2.24) is 9.97 Å². The molecule has 3 N–H and O–H groups in total. The van der Waals surface area contributed by atoms with Gasteiger partial charge in [0.25, 0.3) is 0 Å². The molecule has 6 nitrogen and oxygen atoms in total. The molecule has 0 fully saturated rings. The first-order chi connectivity index (χ1) is 18.9. The lowest BCUT2D eigenvalue weighted by Gasteiger charge is -2.17. The molecule has 0 radical (unpaired) electrons. The van der Waals surface area contributed by atoms with Crippen molar-refractivity contribution in [1.29, 1.82) is 0 Å². The van der Waals surface area contributed by atoms with E-state index in [9.17, 15) is 19.8 Å². The van der Waals surface area contributed by atoms with E-state index in [2.05, 4.69) is 16.9 Å². The number of Topliss-reactive ketones (excluding diaryl/α,β-unsaturated/α-hetero) is 1. The first-order valence-electron chi connectivity index (χ1n) is 12.8. The number of fused-ring (bicyclic) bond motifs is 1. The fourth-order valence-corrected chi connectivity index (χ4v) is 5.19. The molecule has 0 aliphatic heterocycles. The van der Waals surface area contributed by atoms with Crippen LogP contribution in [-0.4, -0.2) is 31.9 Å². The molecular formula is C32H27ClN2O4. The molecule has 0 saturated carbocycles. The minimum absolute atomic E-state index is 0.00456. The number of phenolic OH excluding ortho intramolecular Hbond substituents is 1. The highest BCUT2D eigenvalue weighted by molar-refractivity contribution is 6.31. The maximum atomic E-state index is 13.3. The predicted molar refractivity (Wildman–Crippen MR) is 154 cm³/mol. The van der Waals surface area contributed by atoms with Gasteiger partial charge in [-0.3, -0.25) is 4.79 Å². The van der Waals surface area contributed by atoms with Crippen LogP contribution in [0.25, 0.3) is 33.5 Å². The van der Waals surface area contributed by atoms with Gasteiger partial charge in [0.15, 0.2) is 5.78 Å². The zero-order chi connectivity index (χ0) is 27.5. The molecule has 0 aliphatic carbocycles. The van der Waals surface area contributed by atoms with Gasteiger partial charge in [-0.05, 0) is 65.4 Å². The number of aromatic hydroxyl groups is 1. The molecule has 0 bridgehead atoms. The summed E-state index contributed by atoms with van der Waals surface area (Å²) in [5.74, 6) is -0.705. The molecule has 1 atom stereocenters. The van der Waals surface area contributed by atoms with E-state index in [0.717, 1.165) is 18.4 Å². The number of phenols is 1. The first-order valence-corrected chi connectivity index (χ1v) is 13.2. The topological polar surface area (TPSA) is 103 Å². The Kier molecular flexibility index (Phi) is 7.48. The van der Waals surface area contributed by atoms with Crippen LogP contribution in [0.15, 0.2) is 84.9 Å². The minimum Gasteiger partial charge on any atom is -0.506 e. The second-order valence-electron chi connectivity index (χ2n) is 9.54. The Morgan fingerprint density at radius 2 is 1.69 bits per heavy atom. The Morgan fingerprint density at radius 3 is 2.41 bits per heavy atom. The highest BCUT2D eigenvalue weighted by Gasteiger charge is 2.22. The highest BCUT2D eigenvalue weighted by atomic mass is 35.5. The van der Waals surface area contributed by atoms with E-state index in [4.69, 9.17) is 11.6 Å². The first kappa shape index (κ1) is 26.2. The molecule has 5 aromatic rings. The number of aromatic nitrogens is 2. The van der Waals surface area contributed by atoms with E-state index in [-0.39, 0.29) is 23.0 Å². The van der Waals surface area contributed by atoms with Gasteiger partial charge in [0.1, 0.15) is 17.1 Å². The zero-order valence-corrected chi connectivity index (χ0v) is 22.1. The van der Waals surface area contributed by atoms with Gasteiger partial charge in [-0.15, -0.1) is 0 Å². The van der Waals surface area contributed by atoms with Crippen LogP contribution in [0.5, 0.6) is 5.75 Å². The number of aromatic amines is 1. The van der Waals surface area contributed by atoms with Gasteiger partial charge in [-0.1, -0.05) is 73.5 Å². The summed E-state index contributed by atoms with van der Waals surface area (Å²) < 4.78 is 0. The molecule has 0 aliphatic rings. The lowest BCUT2D eigenvalue weighted by atomic mass is 9.87. The molecule has 1 heterocycles. The summed E-state index contributed by atoms with van der Waals surface area (Å²) >= 11 is 6.34. The van der Waals surface area contributed by atoms with Crippen molar-refractivity contribution in [2.75, 3.05) is 0 Å². The maximum Gasteiger partial charge on any atom is 0.336 e. The van der Waals surface area contributed by atoms with Crippen LogP contribution < -0.4 is 0 Å². The number of carboxylic acids is 1. The molecule has 39 heavy (non-hydrogen) atoms. The normalized spacial score (nSPS) is 11.9. The lowest BCUT2D eigenvalue weighted by Crippen LogP contribution is -2.10. The van der Waals surface area contributed by atoms with Crippen LogP contribution >= 0.6 is 11.6 Å². The van der Waals surface area contributed by atoms with Crippen molar-refractivity contribution in [2.24, 2.45) is 0 Å². The summed E-state index contributed by atoms with van der Waals surface area (Å²) in [5.41, 5.74) is 4.07. The van der Waals surface area contributed by atoms with E-state index in [1.54, 1.807) is 48.5 Å². The number of H-pyrrole nitrogens is 1. The Bertz CT molecular complexity index is 1680. The summed E-state index contributed by atoms with van der Waals surface area (Å²) in [6.07, 6.45) is 2.09. The van der Waals surface area contributed by atoms with Crippen LogP contribution in [0.4, 0.5) is 0 Å². The third kappa shape index (κ3) is 5.42. The standard InChI is InChI=1S/C32H27ClN2O4/c1-2-7-20(19-8-4-3-5-9-19)17-29(37)21-12-14-23(26(16-21)32(38)39)25-18-22(33)13-15-24(25)31-34-27-10-6-11-28(36)30(27)35-31/h3-6,8-16,18,20,36H,2,7,17H2,1H3,(H,34,35)(H,38,39)/t20-/m0/s1. The number of rotatable bonds is 9. The molecule has 196 valence electrons. The zero-order valence-electron chi connectivity index (χ0n) is 21.3. The number of hydrogen-bond acceptors (Lipinski definition) is 4. The molecule has 0 amide bonds. The monoisotopic (exact) mass is 538 g/mol. The van der Waals surface area contributed by atoms with E-state index in [1.165, 1.54) is 6.07 Å². The fraction of sp³-hybridized carbons (Fsp3) is 0.156. The Morgan fingerprint density at radius 1 is 0.923 bits per heavy atom. The summed E-state index contributed by atoms with van der Waals surface area (Å²) in [4.78, 5) is 33.5. The number of aromatic carboxylic acids is 1. The van der Waals surface area contributed by atoms with E-state index in [1.807, 2.05) is 30.3 Å². The van der Waals surface area contributed by atoms with Crippen molar-refractivity contribution >= 4 is 34.4 Å². The Labute approximate surface area is 230 Å². The molecule has 1 aromatic heterocycles. The van der Waals surface area contributed by atoms with Crippen LogP contribution in [0, 0.1) is 0 Å². The molecule has 4 aromatic carbocycles. The Balaban J connectivity index is 1.55. The van der Waals surface area contributed by atoms with Crippen LogP contribution in [0.2, 0.25) is 5.02 Å². The van der Waals surface area contributed by atoms with E-state index >= 15 is 0 Å². The number of ketones is 1. The second kappa shape index (κ2) is 11.1. The number of carbonyl (C=O) groups is 2. The predicted octanol–water partition coefficient (Wildman–Crippen LogP) is 8.11. The quantitative estimate of drug-likeness (QED) is 0.164. The number of halogens is 1. The van der Waals surface area contributed by atoms with Crippen LogP contribution in [0.1, 0.15) is 58.4 Å². The molecule has 5 rings (SSSR count). The van der Waals surface area contributed by atoms with E-state index in [0.29, 0.717) is 50.6 Å². The Hall–Kier alpha value is -4.42. The number of nitrogens with one attached hydrogen (secondary N) is 1. The largest absolute Gasteiger partial charge is 0.506 e. The number of carboxylic acid groups (broad SMARTS) is 1. The number of hydrogen-bond donors (Lipinski definition) is 3. The van der Waals surface area contributed by atoms with E-state index < -0.39 is 5.97 Å². The van der Waals surface area contributed by atoms with Crippen molar-refractivity contribution in [3.05, 3.63) is 107 Å². The number of benzene rings is 4. The maximum absolute atomic E-state index is 13.3. The lowest BCUT2D eigenvalue weighted by molar-refractivity contribution is 0.0697. The average Bonchev–Trinajstić information content (AvgIpc) is 3.38. The summed E-state index contributed by atoms with van der Waals surface area (Å²) in [5, 5.41) is 20.8. The van der Waals surface area contributed by atoms with Crippen molar-refractivity contribution in [3.63, 3.8) is 0 Å².